The lowest BCUT2D eigenvalue weighted by Crippen LogP contribution is -2.50. The smallest absolute Gasteiger partial charge is 0.244 e. The van der Waals surface area contributed by atoms with Gasteiger partial charge in [-0.15, -0.1) is 0 Å². The van der Waals surface area contributed by atoms with Crippen molar-refractivity contribution in [1.29, 1.82) is 0 Å². The van der Waals surface area contributed by atoms with Crippen molar-refractivity contribution in [2.24, 2.45) is 0 Å². The molecule has 168 valence electrons. The molecule has 0 saturated carbocycles. The van der Waals surface area contributed by atoms with Gasteiger partial charge in [0.25, 0.3) is 0 Å². The van der Waals surface area contributed by atoms with E-state index in [4.69, 9.17) is 23.2 Å². The van der Waals surface area contributed by atoms with E-state index in [1.807, 2.05) is 31.2 Å². The second-order valence-corrected chi connectivity index (χ2v) is 9.92. The minimum Gasteiger partial charge on any atom is -0.357 e. The van der Waals surface area contributed by atoms with E-state index in [-0.39, 0.29) is 28.2 Å². The molecule has 1 unspecified atom stereocenters. The number of carbonyl (C=O) groups excluding carboxylic acids is 2. The largest absolute Gasteiger partial charge is 0.357 e. The number of likely N-dealkylation sites (N-methyl/N-ethyl adjacent to an activating group) is 1. The highest BCUT2D eigenvalue weighted by Gasteiger charge is 2.30. The van der Waals surface area contributed by atoms with E-state index >= 15 is 0 Å². The quantitative estimate of drug-likeness (QED) is 0.621. The molecule has 0 heterocycles. The summed E-state index contributed by atoms with van der Waals surface area (Å²) >= 11 is 12.0. The second-order valence-electron chi connectivity index (χ2n) is 7.14. The summed E-state index contributed by atoms with van der Waals surface area (Å²) in [5.41, 5.74) is 1.96. The third-order valence-corrected chi connectivity index (χ3v) is 6.41. The summed E-state index contributed by atoms with van der Waals surface area (Å²) in [4.78, 5) is 27.0. The fraction of sp³-hybridized carbons (Fsp3) is 0.333. The van der Waals surface area contributed by atoms with Crippen molar-refractivity contribution in [2.75, 3.05) is 24.2 Å². The van der Waals surface area contributed by atoms with Crippen LogP contribution >= 0.6 is 23.2 Å². The molecule has 0 aliphatic carbocycles. The summed E-state index contributed by atoms with van der Waals surface area (Å²) in [6, 6.07) is 10.9. The van der Waals surface area contributed by atoms with Gasteiger partial charge in [-0.3, -0.25) is 13.9 Å². The maximum atomic E-state index is 13.3. The Bertz CT molecular complexity index is 1060. The zero-order valence-corrected chi connectivity index (χ0v) is 20.1. The van der Waals surface area contributed by atoms with Crippen LogP contribution in [0.25, 0.3) is 0 Å². The molecular formula is C21H25Cl2N3O4S. The van der Waals surface area contributed by atoms with Crippen LogP contribution in [0.2, 0.25) is 10.0 Å². The number of nitrogens with zero attached hydrogens (tertiary/aromatic N) is 2. The number of aryl methyl sites for hydroxylation is 1. The maximum Gasteiger partial charge on any atom is 0.244 e. The third-order valence-electron chi connectivity index (χ3n) is 4.83. The highest BCUT2D eigenvalue weighted by molar-refractivity contribution is 7.92. The van der Waals surface area contributed by atoms with Gasteiger partial charge < -0.3 is 10.2 Å². The summed E-state index contributed by atoms with van der Waals surface area (Å²) in [6.45, 7) is 3.13. The van der Waals surface area contributed by atoms with Gasteiger partial charge in [0.2, 0.25) is 21.8 Å². The SMILES string of the molecule is CNC(=O)C(C)N(Cc1ccccc1C)C(=O)CN(c1cc(Cl)cc(Cl)c1)S(C)(=O)=O. The van der Waals surface area contributed by atoms with Gasteiger partial charge in [-0.25, -0.2) is 8.42 Å². The molecule has 0 radical (unpaired) electrons. The number of hydrogen-bond donors (Lipinski definition) is 1. The normalized spacial score (nSPS) is 12.2. The van der Waals surface area contributed by atoms with Crippen molar-refractivity contribution in [1.82, 2.24) is 10.2 Å². The fourth-order valence-electron chi connectivity index (χ4n) is 3.06. The minimum absolute atomic E-state index is 0.147. The van der Waals surface area contributed by atoms with Crippen molar-refractivity contribution in [3.8, 4) is 0 Å². The monoisotopic (exact) mass is 485 g/mol. The molecule has 1 N–H and O–H groups in total. The number of anilines is 1. The number of benzene rings is 2. The molecule has 0 spiro atoms. The van der Waals surface area contributed by atoms with Crippen LogP contribution in [0.1, 0.15) is 18.1 Å². The Hall–Kier alpha value is -2.29. The molecule has 0 saturated heterocycles. The van der Waals surface area contributed by atoms with Crippen LogP contribution in [0.15, 0.2) is 42.5 Å². The lowest BCUT2D eigenvalue weighted by Gasteiger charge is -2.31. The Morgan fingerprint density at radius 2 is 1.68 bits per heavy atom. The van der Waals surface area contributed by atoms with Crippen molar-refractivity contribution in [2.45, 2.75) is 26.4 Å². The predicted molar refractivity (Wildman–Crippen MR) is 124 cm³/mol. The van der Waals surface area contributed by atoms with Crippen LogP contribution in [0.4, 0.5) is 5.69 Å². The molecule has 0 fully saturated rings. The van der Waals surface area contributed by atoms with Gasteiger partial charge >= 0.3 is 0 Å². The molecule has 2 aromatic rings. The van der Waals surface area contributed by atoms with Gasteiger partial charge in [0.1, 0.15) is 12.6 Å². The molecule has 0 aliphatic heterocycles. The molecule has 7 nitrogen and oxygen atoms in total. The summed E-state index contributed by atoms with van der Waals surface area (Å²) in [5.74, 6) is -0.903. The van der Waals surface area contributed by atoms with Crippen molar-refractivity contribution >= 4 is 50.7 Å². The predicted octanol–water partition coefficient (Wildman–Crippen LogP) is 3.23. The van der Waals surface area contributed by atoms with Crippen LogP contribution in [-0.2, 0) is 26.2 Å². The number of halogens is 2. The van der Waals surface area contributed by atoms with Crippen LogP contribution in [0, 0.1) is 6.92 Å². The van der Waals surface area contributed by atoms with Crippen molar-refractivity contribution in [3.05, 3.63) is 63.6 Å². The highest BCUT2D eigenvalue weighted by atomic mass is 35.5. The first-order valence-corrected chi connectivity index (χ1v) is 12.0. The zero-order valence-electron chi connectivity index (χ0n) is 17.7. The Balaban J connectivity index is 2.43. The van der Waals surface area contributed by atoms with Crippen LogP contribution in [-0.4, -0.2) is 51.0 Å². The van der Waals surface area contributed by atoms with E-state index in [0.717, 1.165) is 21.7 Å². The first-order valence-electron chi connectivity index (χ1n) is 9.43. The van der Waals surface area contributed by atoms with Gasteiger partial charge in [-0.2, -0.15) is 0 Å². The van der Waals surface area contributed by atoms with E-state index in [0.29, 0.717) is 0 Å². The first kappa shape index (κ1) is 25.0. The highest BCUT2D eigenvalue weighted by Crippen LogP contribution is 2.27. The minimum atomic E-state index is -3.84. The molecule has 0 aliphatic rings. The van der Waals surface area contributed by atoms with Gasteiger partial charge in [-0.1, -0.05) is 47.5 Å². The fourth-order valence-corrected chi connectivity index (χ4v) is 4.41. The van der Waals surface area contributed by atoms with Crippen molar-refractivity contribution < 1.29 is 18.0 Å². The molecule has 2 amide bonds. The van der Waals surface area contributed by atoms with Crippen LogP contribution < -0.4 is 9.62 Å². The van der Waals surface area contributed by atoms with E-state index in [1.54, 1.807) is 6.92 Å². The molecule has 1 atom stereocenters. The van der Waals surface area contributed by atoms with E-state index in [9.17, 15) is 18.0 Å². The number of amides is 2. The third kappa shape index (κ3) is 6.59. The topological polar surface area (TPSA) is 86.8 Å². The number of hydrogen-bond acceptors (Lipinski definition) is 4. The van der Waals surface area contributed by atoms with Gasteiger partial charge in [0, 0.05) is 23.6 Å². The van der Waals surface area contributed by atoms with Gasteiger partial charge in [0.05, 0.1) is 11.9 Å². The van der Waals surface area contributed by atoms with E-state index in [2.05, 4.69) is 5.32 Å². The number of rotatable bonds is 8. The van der Waals surface area contributed by atoms with Crippen LogP contribution in [0.5, 0.6) is 0 Å². The Kier molecular flexibility index (Phi) is 8.34. The molecule has 0 aromatic heterocycles. The summed E-state index contributed by atoms with van der Waals surface area (Å²) < 4.78 is 25.9. The standard InChI is InChI=1S/C21H25Cl2N3O4S/c1-14-7-5-6-8-16(14)12-25(15(2)21(28)24-3)20(27)13-26(31(4,29)30)19-10-17(22)9-18(23)11-19/h5-11,15H,12-13H2,1-4H3,(H,24,28). The molecule has 2 rings (SSSR count). The first-order chi connectivity index (χ1) is 14.4. The average molecular weight is 486 g/mol. The average Bonchev–Trinajstić information content (AvgIpc) is 2.68. The Morgan fingerprint density at radius 3 is 2.19 bits per heavy atom. The zero-order chi connectivity index (χ0) is 23.3. The summed E-state index contributed by atoms with van der Waals surface area (Å²) in [7, 11) is -2.37. The second kappa shape index (κ2) is 10.3. The maximum absolute atomic E-state index is 13.3. The van der Waals surface area contributed by atoms with Gasteiger partial charge in [0.15, 0.2) is 0 Å². The lowest BCUT2D eigenvalue weighted by molar-refractivity contribution is -0.139. The number of sulfonamides is 1. The Labute approximate surface area is 193 Å². The van der Waals surface area contributed by atoms with E-state index < -0.39 is 28.5 Å². The van der Waals surface area contributed by atoms with E-state index in [1.165, 1.54) is 30.1 Å². The Morgan fingerprint density at radius 1 is 1.10 bits per heavy atom. The number of carbonyl (C=O) groups is 2. The molecule has 10 heteroatoms. The molecule has 0 bridgehead atoms. The molecule has 2 aromatic carbocycles. The van der Waals surface area contributed by atoms with Crippen LogP contribution in [0.3, 0.4) is 0 Å². The van der Waals surface area contributed by atoms with Gasteiger partial charge in [-0.05, 0) is 43.2 Å². The summed E-state index contributed by atoms with van der Waals surface area (Å²) in [5, 5.41) is 3.00. The lowest BCUT2D eigenvalue weighted by atomic mass is 10.1. The molecule has 31 heavy (non-hydrogen) atoms. The number of nitrogens with one attached hydrogen (secondary N) is 1. The van der Waals surface area contributed by atoms with Crippen molar-refractivity contribution in [3.63, 3.8) is 0 Å². The summed E-state index contributed by atoms with van der Waals surface area (Å²) in [6.07, 6.45) is 0.989. The molecular weight excluding hydrogens is 461 g/mol.